The zero-order valence-corrected chi connectivity index (χ0v) is 13.7. The van der Waals surface area contributed by atoms with Crippen LogP contribution in [0.25, 0.3) is 0 Å². The van der Waals surface area contributed by atoms with Gasteiger partial charge < -0.3 is 14.8 Å². The van der Waals surface area contributed by atoms with Crippen molar-refractivity contribution in [2.24, 2.45) is 0 Å². The molecular formula is C16H25NO3S. The van der Waals surface area contributed by atoms with E-state index in [1.54, 1.807) is 0 Å². The van der Waals surface area contributed by atoms with E-state index in [9.17, 15) is 4.21 Å². The van der Waals surface area contributed by atoms with Crippen molar-refractivity contribution >= 4 is 10.8 Å². The highest BCUT2D eigenvalue weighted by Crippen LogP contribution is 2.31. The van der Waals surface area contributed by atoms with E-state index in [2.05, 4.69) is 19.2 Å². The van der Waals surface area contributed by atoms with Crippen LogP contribution >= 0.6 is 0 Å². The Morgan fingerprint density at radius 2 is 2.00 bits per heavy atom. The highest BCUT2D eigenvalue weighted by molar-refractivity contribution is 7.85. The minimum Gasteiger partial charge on any atom is -0.486 e. The van der Waals surface area contributed by atoms with Crippen molar-refractivity contribution in [1.82, 2.24) is 5.32 Å². The third-order valence-electron chi connectivity index (χ3n) is 3.64. The standard InChI is InChI=1S/C16H25NO3S/c1-3-13(17-4-2)6-5-11-21(18)14-7-8-15-16(12-14)20-10-9-19-15/h7-8,12-13,17H,3-6,9-11H2,1-2H3. The van der Waals surface area contributed by atoms with Gasteiger partial charge in [0.2, 0.25) is 0 Å². The lowest BCUT2D eigenvalue weighted by Crippen LogP contribution is -2.28. The summed E-state index contributed by atoms with van der Waals surface area (Å²) < 4.78 is 23.4. The summed E-state index contributed by atoms with van der Waals surface area (Å²) in [4.78, 5) is 0.829. The van der Waals surface area contributed by atoms with Crippen molar-refractivity contribution in [1.29, 1.82) is 0 Å². The van der Waals surface area contributed by atoms with E-state index in [0.717, 1.165) is 36.5 Å². The van der Waals surface area contributed by atoms with Gasteiger partial charge in [-0.05, 0) is 37.9 Å². The van der Waals surface area contributed by atoms with Crippen LogP contribution in [0.5, 0.6) is 11.5 Å². The fraction of sp³-hybridized carbons (Fsp3) is 0.625. The van der Waals surface area contributed by atoms with Gasteiger partial charge in [0.05, 0.1) is 10.8 Å². The second-order valence-electron chi connectivity index (χ2n) is 5.16. The molecule has 0 saturated carbocycles. The predicted octanol–water partition coefficient (Wildman–Crippen LogP) is 2.73. The first kappa shape index (κ1) is 16.3. The molecule has 118 valence electrons. The second kappa shape index (κ2) is 8.39. The summed E-state index contributed by atoms with van der Waals surface area (Å²) in [5.74, 6) is 2.16. The number of hydrogen-bond donors (Lipinski definition) is 1. The van der Waals surface area contributed by atoms with E-state index in [1.165, 1.54) is 0 Å². The van der Waals surface area contributed by atoms with Gasteiger partial charge in [-0.15, -0.1) is 0 Å². The molecule has 1 heterocycles. The molecule has 1 aliphatic rings. The second-order valence-corrected chi connectivity index (χ2v) is 6.73. The number of ether oxygens (including phenoxy) is 2. The molecule has 1 aromatic carbocycles. The molecule has 2 rings (SSSR count). The third-order valence-corrected chi connectivity index (χ3v) is 5.08. The monoisotopic (exact) mass is 311 g/mol. The van der Waals surface area contributed by atoms with Crippen LogP contribution in [-0.2, 0) is 10.8 Å². The maximum absolute atomic E-state index is 12.4. The van der Waals surface area contributed by atoms with E-state index in [-0.39, 0.29) is 0 Å². The van der Waals surface area contributed by atoms with Crippen LogP contribution in [-0.4, -0.2) is 35.8 Å². The van der Waals surface area contributed by atoms with E-state index in [4.69, 9.17) is 9.47 Å². The minimum atomic E-state index is -0.967. The summed E-state index contributed by atoms with van der Waals surface area (Å²) in [6.45, 7) is 6.44. The van der Waals surface area contributed by atoms with Gasteiger partial charge in [-0.1, -0.05) is 13.8 Å². The number of nitrogens with one attached hydrogen (secondary N) is 1. The molecule has 0 saturated heterocycles. The molecule has 21 heavy (non-hydrogen) atoms. The van der Waals surface area contributed by atoms with Crippen LogP contribution in [0.2, 0.25) is 0 Å². The molecule has 1 aromatic rings. The Labute approximate surface area is 129 Å². The highest BCUT2D eigenvalue weighted by atomic mass is 32.2. The molecule has 0 fully saturated rings. The van der Waals surface area contributed by atoms with Gasteiger partial charge >= 0.3 is 0 Å². The smallest absolute Gasteiger partial charge is 0.162 e. The lowest BCUT2D eigenvalue weighted by Gasteiger charge is -2.19. The molecule has 0 aliphatic carbocycles. The summed E-state index contributed by atoms with van der Waals surface area (Å²) in [6, 6.07) is 6.12. The SMILES string of the molecule is CCNC(CC)CCCS(=O)c1ccc2c(c1)OCCO2. The quantitative estimate of drug-likeness (QED) is 0.802. The summed E-state index contributed by atoms with van der Waals surface area (Å²) >= 11 is 0. The fourth-order valence-electron chi connectivity index (χ4n) is 2.48. The van der Waals surface area contributed by atoms with E-state index in [0.29, 0.717) is 30.8 Å². The molecule has 2 unspecified atom stereocenters. The molecule has 1 aliphatic heterocycles. The van der Waals surface area contributed by atoms with Crippen molar-refractivity contribution in [3.8, 4) is 11.5 Å². The topological polar surface area (TPSA) is 47.6 Å². The van der Waals surface area contributed by atoms with Crippen molar-refractivity contribution in [3.05, 3.63) is 18.2 Å². The first-order valence-corrected chi connectivity index (χ1v) is 9.07. The van der Waals surface area contributed by atoms with Crippen LogP contribution in [0.3, 0.4) is 0 Å². The summed E-state index contributed by atoms with van der Waals surface area (Å²) in [5.41, 5.74) is 0. The van der Waals surface area contributed by atoms with Gasteiger partial charge in [0, 0.05) is 22.8 Å². The Hall–Kier alpha value is -1.07. The normalized spacial score (nSPS) is 16.5. The lowest BCUT2D eigenvalue weighted by molar-refractivity contribution is 0.171. The van der Waals surface area contributed by atoms with Crippen molar-refractivity contribution in [3.63, 3.8) is 0 Å². The molecule has 4 nitrogen and oxygen atoms in total. The highest BCUT2D eigenvalue weighted by Gasteiger charge is 2.14. The Bertz CT molecular complexity index is 479. The van der Waals surface area contributed by atoms with Crippen LogP contribution in [0.1, 0.15) is 33.1 Å². The zero-order valence-electron chi connectivity index (χ0n) is 12.9. The Kier molecular flexibility index (Phi) is 6.51. The number of benzene rings is 1. The van der Waals surface area contributed by atoms with Crippen LogP contribution in [0.15, 0.2) is 23.1 Å². The fourth-order valence-corrected chi connectivity index (χ4v) is 3.61. The van der Waals surface area contributed by atoms with Gasteiger partial charge in [0.15, 0.2) is 11.5 Å². The summed E-state index contributed by atoms with van der Waals surface area (Å²) in [5, 5.41) is 3.45. The van der Waals surface area contributed by atoms with Crippen molar-refractivity contribution < 1.29 is 13.7 Å². The van der Waals surface area contributed by atoms with Gasteiger partial charge in [0.1, 0.15) is 13.2 Å². The van der Waals surface area contributed by atoms with Gasteiger partial charge in [-0.2, -0.15) is 0 Å². The summed E-state index contributed by atoms with van der Waals surface area (Å²) in [6.07, 6.45) is 3.15. The molecule has 0 amide bonds. The van der Waals surface area contributed by atoms with Gasteiger partial charge in [0.25, 0.3) is 0 Å². The van der Waals surface area contributed by atoms with Gasteiger partial charge in [-0.25, -0.2) is 0 Å². The first-order valence-electron chi connectivity index (χ1n) is 7.76. The predicted molar refractivity (Wildman–Crippen MR) is 85.7 cm³/mol. The van der Waals surface area contributed by atoms with E-state index < -0.39 is 10.8 Å². The van der Waals surface area contributed by atoms with Crippen LogP contribution in [0, 0.1) is 0 Å². The number of fused-ring (bicyclic) bond motifs is 1. The molecule has 0 spiro atoms. The van der Waals surface area contributed by atoms with Crippen molar-refractivity contribution in [2.45, 2.75) is 44.0 Å². The number of rotatable bonds is 8. The Morgan fingerprint density at radius 1 is 1.24 bits per heavy atom. The van der Waals surface area contributed by atoms with E-state index >= 15 is 0 Å². The zero-order chi connectivity index (χ0) is 15.1. The van der Waals surface area contributed by atoms with Gasteiger partial charge in [-0.3, -0.25) is 4.21 Å². The molecule has 0 radical (unpaired) electrons. The minimum absolute atomic E-state index is 0.535. The Balaban J connectivity index is 1.86. The maximum atomic E-state index is 12.4. The molecule has 1 N–H and O–H groups in total. The largest absolute Gasteiger partial charge is 0.486 e. The molecular weight excluding hydrogens is 286 g/mol. The Morgan fingerprint density at radius 3 is 2.71 bits per heavy atom. The average molecular weight is 311 g/mol. The van der Waals surface area contributed by atoms with Crippen molar-refractivity contribution in [2.75, 3.05) is 25.5 Å². The van der Waals surface area contributed by atoms with E-state index in [1.807, 2.05) is 18.2 Å². The number of hydrogen-bond acceptors (Lipinski definition) is 4. The molecule has 2 atom stereocenters. The van der Waals surface area contributed by atoms with Crippen LogP contribution < -0.4 is 14.8 Å². The lowest BCUT2D eigenvalue weighted by atomic mass is 10.1. The molecule has 0 bridgehead atoms. The average Bonchev–Trinajstić information content (AvgIpc) is 2.53. The third kappa shape index (κ3) is 4.71. The summed E-state index contributed by atoms with van der Waals surface area (Å²) in [7, 11) is -0.967. The maximum Gasteiger partial charge on any atom is 0.162 e. The molecule has 5 heteroatoms. The van der Waals surface area contributed by atoms with Crippen LogP contribution in [0.4, 0.5) is 0 Å². The first-order chi connectivity index (χ1) is 10.2. The molecule has 0 aromatic heterocycles.